The second-order valence-electron chi connectivity index (χ2n) is 11.0. The third-order valence-electron chi connectivity index (χ3n) is 7.42. The molecule has 0 aliphatic rings. The summed E-state index contributed by atoms with van der Waals surface area (Å²) >= 11 is 4.43. The molecular formula is C33H36ClN9O6S. The lowest BCUT2D eigenvalue weighted by atomic mass is 10.2. The van der Waals surface area contributed by atoms with Crippen LogP contribution in [0.1, 0.15) is 12.0 Å². The molecule has 4 aromatic rings. The summed E-state index contributed by atoms with van der Waals surface area (Å²) < 4.78 is 15.9. The highest BCUT2D eigenvalue weighted by atomic mass is 35.5. The van der Waals surface area contributed by atoms with Gasteiger partial charge in [0.1, 0.15) is 5.75 Å². The summed E-state index contributed by atoms with van der Waals surface area (Å²) in [5.74, 6) is -1.14. The maximum atomic E-state index is 13.2. The molecule has 0 bridgehead atoms. The van der Waals surface area contributed by atoms with Crippen LogP contribution in [-0.4, -0.2) is 98.1 Å². The highest BCUT2D eigenvalue weighted by Gasteiger charge is 2.21. The lowest BCUT2D eigenvalue weighted by molar-refractivity contribution is -0.131. The van der Waals surface area contributed by atoms with Crippen molar-refractivity contribution in [3.8, 4) is 0 Å². The Hall–Kier alpha value is -5.58. The van der Waals surface area contributed by atoms with Gasteiger partial charge in [0.25, 0.3) is 5.91 Å². The fourth-order valence-electron chi connectivity index (χ4n) is 4.50. The van der Waals surface area contributed by atoms with Crippen molar-refractivity contribution in [3.05, 3.63) is 91.3 Å². The van der Waals surface area contributed by atoms with E-state index in [1.54, 1.807) is 50.5 Å². The van der Waals surface area contributed by atoms with Crippen molar-refractivity contribution in [2.45, 2.75) is 11.3 Å². The molecule has 4 rings (SSSR count). The van der Waals surface area contributed by atoms with Crippen molar-refractivity contribution in [2.24, 2.45) is 5.73 Å². The largest absolute Gasteiger partial charge is 0.611 e. The Labute approximate surface area is 296 Å². The van der Waals surface area contributed by atoms with Crippen LogP contribution in [0.15, 0.2) is 90.6 Å². The SMILES string of the molecule is CN(CCC(=N)N)C(=O)n1ccc(N(C)C(=O)n2ccc(N(C)C(=O)n3ccc(NC(=O)C(=O)/C=C/c4ccc([S+]([O-])CCCl)cc4)c3)c2)c1. The first-order valence-corrected chi connectivity index (χ1v) is 16.9. The zero-order valence-corrected chi connectivity index (χ0v) is 29.1. The van der Waals surface area contributed by atoms with Gasteiger partial charge in [-0.2, -0.15) is 0 Å². The molecule has 1 unspecified atom stereocenters. The number of carbonyl (C=O) groups excluding carboxylic acids is 5. The second-order valence-corrected chi connectivity index (χ2v) is 12.9. The summed E-state index contributed by atoms with van der Waals surface area (Å²) in [4.78, 5) is 68.6. The van der Waals surface area contributed by atoms with Gasteiger partial charge in [-0.1, -0.05) is 6.08 Å². The zero-order valence-electron chi connectivity index (χ0n) is 27.5. The number of alkyl halides is 1. The Morgan fingerprint density at radius 2 is 1.40 bits per heavy atom. The fraction of sp³-hybridized carbons (Fsp3) is 0.212. The van der Waals surface area contributed by atoms with Gasteiger partial charge in [0.05, 0.1) is 28.8 Å². The van der Waals surface area contributed by atoms with Crippen LogP contribution < -0.4 is 20.9 Å². The fourth-order valence-corrected chi connectivity index (χ4v) is 5.74. The molecule has 0 saturated heterocycles. The van der Waals surface area contributed by atoms with Crippen molar-refractivity contribution in [1.29, 1.82) is 5.41 Å². The number of hydrogen-bond donors (Lipinski definition) is 3. The minimum atomic E-state index is -1.21. The Morgan fingerprint density at radius 1 is 0.860 bits per heavy atom. The van der Waals surface area contributed by atoms with Gasteiger partial charge >= 0.3 is 18.1 Å². The first-order chi connectivity index (χ1) is 23.8. The van der Waals surface area contributed by atoms with E-state index in [4.69, 9.17) is 22.7 Å². The van der Waals surface area contributed by atoms with Crippen LogP contribution in [0.25, 0.3) is 6.08 Å². The highest BCUT2D eigenvalue weighted by Crippen LogP contribution is 2.20. The topological polar surface area (TPSA) is 195 Å². The second kappa shape index (κ2) is 16.7. The van der Waals surface area contributed by atoms with Crippen molar-refractivity contribution in [2.75, 3.05) is 54.4 Å². The predicted molar refractivity (Wildman–Crippen MR) is 193 cm³/mol. The molecule has 262 valence electrons. The molecule has 17 heteroatoms. The summed E-state index contributed by atoms with van der Waals surface area (Å²) in [6, 6.07) is 10.0. The molecule has 3 heterocycles. The molecule has 1 atom stereocenters. The molecule has 0 spiro atoms. The third-order valence-corrected chi connectivity index (χ3v) is 9.20. The van der Waals surface area contributed by atoms with Crippen molar-refractivity contribution >= 4 is 81.5 Å². The van der Waals surface area contributed by atoms with Crippen LogP contribution in [-0.2, 0) is 20.8 Å². The maximum Gasteiger partial charge on any atom is 0.332 e. The quantitative estimate of drug-likeness (QED) is 0.0489. The number of benzene rings is 1. The summed E-state index contributed by atoms with van der Waals surface area (Å²) in [6.07, 6.45) is 11.6. The molecular weight excluding hydrogens is 686 g/mol. The number of rotatable bonds is 12. The normalized spacial score (nSPS) is 11.6. The van der Waals surface area contributed by atoms with Gasteiger partial charge in [-0.05, 0) is 65.3 Å². The van der Waals surface area contributed by atoms with Crippen LogP contribution >= 0.6 is 11.6 Å². The van der Waals surface area contributed by atoms with E-state index in [-0.39, 0.29) is 36.4 Å². The van der Waals surface area contributed by atoms with E-state index in [9.17, 15) is 28.5 Å². The number of amidine groups is 1. The number of nitrogens with zero attached hydrogens (tertiary/aromatic N) is 6. The molecule has 3 aromatic heterocycles. The number of carbonyl (C=O) groups is 5. The number of halogens is 1. The zero-order chi connectivity index (χ0) is 36.5. The number of amides is 4. The van der Waals surface area contributed by atoms with Gasteiger partial charge in [-0.25, -0.2) is 14.4 Å². The van der Waals surface area contributed by atoms with Crippen molar-refractivity contribution < 1.29 is 28.5 Å². The molecule has 4 amide bonds. The van der Waals surface area contributed by atoms with E-state index in [0.29, 0.717) is 27.6 Å². The molecule has 15 nitrogen and oxygen atoms in total. The number of ketones is 1. The molecule has 0 saturated carbocycles. The number of anilines is 3. The average Bonchev–Trinajstić information content (AvgIpc) is 3.90. The maximum absolute atomic E-state index is 13.2. The van der Waals surface area contributed by atoms with Crippen LogP contribution in [0, 0.1) is 5.41 Å². The molecule has 0 radical (unpaired) electrons. The summed E-state index contributed by atoms with van der Waals surface area (Å²) in [5, 5.41) is 9.80. The standard InChI is InChI=1S/C33H36ClN9O6S/c1-38(15-13-29(35)36)31(46)42-17-11-25(21-42)40(3)33(48)43-18-12-26(22-43)39(2)32(47)41-16-10-24(20-41)37-30(45)28(44)9-6-23-4-7-27(8-5-23)50(49)19-14-34/h4-12,16-18,20-22H,13-15,19H2,1-3H3,(H3,35,36)(H,37,45)/b9-6+. The number of hydrogen-bond acceptors (Lipinski definition) is 7. The minimum absolute atomic E-state index is 0.0265. The van der Waals surface area contributed by atoms with Gasteiger partial charge < -0.3 is 20.5 Å². The first-order valence-electron chi connectivity index (χ1n) is 15.0. The van der Waals surface area contributed by atoms with Crippen molar-refractivity contribution in [3.63, 3.8) is 0 Å². The van der Waals surface area contributed by atoms with Gasteiger partial charge in [0.2, 0.25) is 5.78 Å². The van der Waals surface area contributed by atoms with Gasteiger partial charge in [-0.3, -0.25) is 38.5 Å². The summed E-state index contributed by atoms with van der Waals surface area (Å²) in [6.45, 7) is 0.268. The van der Waals surface area contributed by atoms with E-state index < -0.39 is 34.9 Å². The number of nitrogens with one attached hydrogen (secondary N) is 2. The lowest BCUT2D eigenvalue weighted by Gasteiger charge is -2.18. The van der Waals surface area contributed by atoms with Crippen LogP contribution in [0.4, 0.5) is 31.4 Å². The molecule has 0 fully saturated rings. The molecule has 4 N–H and O–H groups in total. The predicted octanol–water partition coefficient (Wildman–Crippen LogP) is 4.09. The van der Waals surface area contributed by atoms with Gasteiger partial charge in [-0.15, -0.1) is 11.6 Å². The summed E-state index contributed by atoms with van der Waals surface area (Å²) in [7, 11) is 4.64. The van der Waals surface area contributed by atoms with E-state index in [0.717, 1.165) is 6.08 Å². The van der Waals surface area contributed by atoms with Crippen LogP contribution in [0.2, 0.25) is 0 Å². The minimum Gasteiger partial charge on any atom is -0.611 e. The van der Waals surface area contributed by atoms with Crippen LogP contribution in [0.5, 0.6) is 0 Å². The van der Waals surface area contributed by atoms with E-state index in [1.807, 2.05) is 0 Å². The van der Waals surface area contributed by atoms with Gasteiger partial charge in [0, 0.05) is 71.3 Å². The lowest BCUT2D eigenvalue weighted by Crippen LogP contribution is -2.33. The summed E-state index contributed by atoms with van der Waals surface area (Å²) in [5.41, 5.74) is 7.08. The monoisotopic (exact) mass is 721 g/mol. The Morgan fingerprint density at radius 3 is 1.96 bits per heavy atom. The van der Waals surface area contributed by atoms with Crippen molar-refractivity contribution in [1.82, 2.24) is 18.6 Å². The molecule has 50 heavy (non-hydrogen) atoms. The smallest absolute Gasteiger partial charge is 0.332 e. The van der Waals surface area contributed by atoms with E-state index >= 15 is 0 Å². The molecule has 0 aliphatic carbocycles. The number of nitrogens with two attached hydrogens (primary N) is 1. The Balaban J connectivity index is 1.32. The van der Waals surface area contributed by atoms with Crippen LogP contribution in [0.3, 0.4) is 0 Å². The number of aromatic nitrogens is 3. The Bertz CT molecular complexity index is 1920. The highest BCUT2D eigenvalue weighted by molar-refractivity contribution is 7.91. The van der Waals surface area contributed by atoms with E-state index in [2.05, 4.69) is 5.32 Å². The Kier molecular flexibility index (Phi) is 12.4. The van der Waals surface area contributed by atoms with E-state index in [1.165, 1.54) is 84.8 Å². The first kappa shape index (κ1) is 37.2. The molecule has 1 aromatic carbocycles. The average molecular weight is 722 g/mol. The van der Waals surface area contributed by atoms with Gasteiger partial charge in [0.15, 0.2) is 4.90 Å². The molecule has 0 aliphatic heterocycles. The third kappa shape index (κ3) is 9.31.